The Labute approximate surface area is 176 Å². The highest BCUT2D eigenvalue weighted by atomic mass is 16.6. The Morgan fingerprint density at radius 3 is 2.39 bits per heavy atom. The smallest absolute Gasteiger partial charge is 0.271 e. The van der Waals surface area contributed by atoms with Crippen molar-refractivity contribution in [3.63, 3.8) is 0 Å². The third kappa shape index (κ3) is 3.18. The second-order valence-corrected chi connectivity index (χ2v) is 6.98. The lowest BCUT2D eigenvalue weighted by Gasteiger charge is -2.20. The maximum Gasteiger partial charge on any atom is 0.271 e. The molecule has 0 spiro atoms. The Bertz CT molecular complexity index is 1350. The summed E-state index contributed by atoms with van der Waals surface area (Å²) in [4.78, 5) is 43.7. The van der Waals surface area contributed by atoms with Gasteiger partial charge in [0.2, 0.25) is 0 Å². The highest BCUT2D eigenvalue weighted by Gasteiger charge is 2.31. The summed E-state index contributed by atoms with van der Waals surface area (Å²) in [6.45, 7) is -0.386. The number of non-ortho nitro benzene ring substituents is 1. The van der Waals surface area contributed by atoms with Gasteiger partial charge in [-0.3, -0.25) is 24.3 Å². The van der Waals surface area contributed by atoms with Crippen LogP contribution in [0.5, 0.6) is 0 Å². The lowest BCUT2D eigenvalue weighted by Crippen LogP contribution is -2.30. The van der Waals surface area contributed by atoms with Gasteiger partial charge in [0.05, 0.1) is 40.1 Å². The topological polar surface area (TPSA) is 125 Å². The number of hydrogen-bond donors (Lipinski definition) is 0. The quantitative estimate of drug-likeness (QED) is 0.274. The molecule has 0 atom stereocenters. The summed E-state index contributed by atoms with van der Waals surface area (Å²) in [5.41, 5.74) is 1.08. The molecule has 1 aliphatic heterocycles. The van der Waals surface area contributed by atoms with Crippen LogP contribution in [0.4, 0.5) is 17.1 Å². The summed E-state index contributed by atoms with van der Waals surface area (Å²) < 4.78 is 1.09. The molecule has 31 heavy (non-hydrogen) atoms. The first-order valence-corrected chi connectivity index (χ1v) is 9.21. The zero-order valence-electron chi connectivity index (χ0n) is 16.6. The molecule has 10 nitrogen and oxygen atoms in total. The molecule has 0 saturated heterocycles. The average molecular weight is 416 g/mol. The van der Waals surface area contributed by atoms with Gasteiger partial charge in [-0.25, -0.2) is 4.98 Å². The van der Waals surface area contributed by atoms with Crippen LogP contribution in [0.2, 0.25) is 0 Å². The number of nitro groups is 1. The van der Waals surface area contributed by atoms with Crippen LogP contribution in [-0.4, -0.2) is 34.4 Å². The number of ketones is 1. The first-order chi connectivity index (χ1) is 14.8. The zero-order chi connectivity index (χ0) is 22.3. The molecular weight excluding hydrogens is 400 g/mol. The normalized spacial score (nSPS) is 12.6. The van der Waals surface area contributed by atoms with Crippen molar-refractivity contribution in [1.82, 2.24) is 9.55 Å². The highest BCUT2D eigenvalue weighted by molar-refractivity contribution is 6.02. The monoisotopic (exact) mass is 416 g/mol. The van der Waals surface area contributed by atoms with Crippen molar-refractivity contribution in [2.45, 2.75) is 6.54 Å². The van der Waals surface area contributed by atoms with E-state index in [9.17, 15) is 25.0 Å². The number of allylic oxidation sites excluding steroid dienone is 1. The van der Waals surface area contributed by atoms with E-state index in [1.165, 1.54) is 18.2 Å². The van der Waals surface area contributed by atoms with Crippen molar-refractivity contribution in [2.75, 3.05) is 23.9 Å². The first kappa shape index (κ1) is 19.8. The number of carbonyl (C=O) groups excluding carboxylic acids is 1. The van der Waals surface area contributed by atoms with E-state index in [0.29, 0.717) is 5.82 Å². The molecule has 10 heteroatoms. The maximum atomic E-state index is 13.0. The van der Waals surface area contributed by atoms with Crippen LogP contribution in [0, 0.1) is 21.4 Å². The van der Waals surface area contributed by atoms with Gasteiger partial charge in [0.1, 0.15) is 17.5 Å². The van der Waals surface area contributed by atoms with Gasteiger partial charge in [0.25, 0.3) is 11.2 Å². The van der Waals surface area contributed by atoms with Gasteiger partial charge in [-0.05, 0) is 18.2 Å². The SMILES string of the molecule is CN1C(=C(C#N)C(=O)Cn2cnc3cc([N+](=O)[O-])ccc3c2=O)N(C)c2ccccc21. The number of rotatable bonds is 4. The predicted molar refractivity (Wildman–Crippen MR) is 114 cm³/mol. The van der Waals surface area contributed by atoms with E-state index < -0.39 is 16.3 Å². The minimum absolute atomic E-state index is 0.0862. The number of carbonyl (C=O) groups is 1. The van der Waals surface area contributed by atoms with Crippen molar-refractivity contribution >= 4 is 33.7 Å². The number of hydrogen-bond acceptors (Lipinski definition) is 8. The summed E-state index contributed by atoms with van der Waals surface area (Å²) in [5, 5.41) is 20.8. The molecule has 2 heterocycles. The fourth-order valence-electron chi connectivity index (χ4n) is 3.66. The van der Waals surface area contributed by atoms with E-state index in [1.807, 2.05) is 30.3 Å². The molecule has 0 amide bonds. The molecule has 3 aromatic rings. The molecule has 154 valence electrons. The predicted octanol–water partition coefficient (Wildman–Crippen LogP) is 2.20. The van der Waals surface area contributed by atoms with Crippen molar-refractivity contribution < 1.29 is 9.72 Å². The van der Waals surface area contributed by atoms with Gasteiger partial charge in [-0.1, -0.05) is 12.1 Å². The molecule has 0 N–H and O–H groups in total. The zero-order valence-corrected chi connectivity index (χ0v) is 16.6. The standard InChI is InChI=1S/C21H16N6O4/c1-24-17-5-3-4-6-18(17)25(2)20(24)15(10-22)19(28)11-26-12-23-16-9-13(27(30)31)7-8-14(16)21(26)29/h3-9,12H,11H2,1-2H3. The lowest BCUT2D eigenvalue weighted by atomic mass is 10.1. The van der Waals surface area contributed by atoms with Crippen molar-refractivity contribution in [1.29, 1.82) is 5.26 Å². The Hall–Kier alpha value is -4.52. The fourth-order valence-corrected chi connectivity index (χ4v) is 3.66. The van der Waals surface area contributed by atoms with Crippen molar-refractivity contribution in [3.8, 4) is 6.07 Å². The van der Waals surface area contributed by atoms with Gasteiger partial charge in [0, 0.05) is 26.2 Å². The number of aromatic nitrogens is 2. The number of fused-ring (bicyclic) bond motifs is 2. The summed E-state index contributed by atoms with van der Waals surface area (Å²) in [6, 6.07) is 13.2. The average Bonchev–Trinajstić information content (AvgIpc) is 3.01. The Balaban J connectivity index is 1.71. The number of nitrogens with zero attached hydrogens (tertiary/aromatic N) is 6. The van der Waals surface area contributed by atoms with Gasteiger partial charge < -0.3 is 9.80 Å². The van der Waals surface area contributed by atoms with E-state index in [-0.39, 0.29) is 28.7 Å². The highest BCUT2D eigenvalue weighted by Crippen LogP contribution is 2.40. The third-order valence-electron chi connectivity index (χ3n) is 5.19. The molecule has 0 fully saturated rings. The van der Waals surface area contributed by atoms with Crippen molar-refractivity contribution in [2.24, 2.45) is 0 Å². The van der Waals surface area contributed by atoms with E-state index in [0.717, 1.165) is 22.3 Å². The van der Waals surface area contributed by atoms with Crippen LogP contribution in [-0.2, 0) is 11.3 Å². The van der Waals surface area contributed by atoms with E-state index in [2.05, 4.69) is 4.98 Å². The first-order valence-electron chi connectivity index (χ1n) is 9.21. The van der Waals surface area contributed by atoms with Crippen LogP contribution < -0.4 is 15.4 Å². The third-order valence-corrected chi connectivity index (χ3v) is 5.19. The van der Waals surface area contributed by atoms with Crippen LogP contribution in [0.25, 0.3) is 10.9 Å². The minimum atomic E-state index is -0.575. The summed E-state index contributed by atoms with van der Waals surface area (Å²) in [7, 11) is 3.53. The molecule has 0 aliphatic carbocycles. The molecule has 0 bridgehead atoms. The van der Waals surface area contributed by atoms with Gasteiger partial charge in [0.15, 0.2) is 5.78 Å². The summed E-state index contributed by atoms with van der Waals surface area (Å²) in [6.07, 6.45) is 1.16. The second kappa shape index (κ2) is 7.38. The number of anilines is 2. The molecule has 0 saturated carbocycles. The molecular formula is C21H16N6O4. The van der Waals surface area contributed by atoms with E-state index in [1.54, 1.807) is 23.9 Å². The Morgan fingerprint density at radius 1 is 1.16 bits per heavy atom. The maximum absolute atomic E-state index is 13.0. The number of nitriles is 1. The van der Waals surface area contributed by atoms with Gasteiger partial charge in [-0.15, -0.1) is 0 Å². The molecule has 4 rings (SSSR count). The van der Waals surface area contributed by atoms with Crippen LogP contribution in [0.3, 0.4) is 0 Å². The van der Waals surface area contributed by atoms with E-state index >= 15 is 0 Å². The molecule has 2 aromatic carbocycles. The molecule has 1 aliphatic rings. The Morgan fingerprint density at radius 2 is 1.81 bits per heavy atom. The minimum Gasteiger partial charge on any atom is -0.328 e. The molecule has 1 aromatic heterocycles. The Kier molecular flexibility index (Phi) is 4.71. The fraction of sp³-hybridized carbons (Fsp3) is 0.143. The van der Waals surface area contributed by atoms with E-state index in [4.69, 9.17) is 0 Å². The largest absolute Gasteiger partial charge is 0.328 e. The van der Waals surface area contributed by atoms with Gasteiger partial charge in [-0.2, -0.15) is 5.26 Å². The van der Waals surface area contributed by atoms with Gasteiger partial charge >= 0.3 is 0 Å². The lowest BCUT2D eigenvalue weighted by molar-refractivity contribution is -0.384. The van der Waals surface area contributed by atoms with Crippen LogP contribution >= 0.6 is 0 Å². The number of para-hydroxylation sites is 2. The summed E-state index contributed by atoms with van der Waals surface area (Å²) in [5.74, 6) is -0.125. The molecule has 0 radical (unpaired) electrons. The van der Waals surface area contributed by atoms with Crippen molar-refractivity contribution in [3.05, 3.63) is 80.7 Å². The van der Waals surface area contributed by atoms with Crippen LogP contribution in [0.15, 0.2) is 65.0 Å². The number of Topliss-reactive ketones (excluding diaryl/α,β-unsaturated/α-hetero) is 1. The van der Waals surface area contributed by atoms with Crippen LogP contribution in [0.1, 0.15) is 0 Å². The number of benzene rings is 2. The summed E-state index contributed by atoms with van der Waals surface area (Å²) >= 11 is 0. The number of nitro benzene ring substituents is 1. The molecule has 0 unspecified atom stereocenters. The second-order valence-electron chi connectivity index (χ2n) is 6.98.